The first-order valence-corrected chi connectivity index (χ1v) is 10.9. The standard InChI is InChI=1S/C25H28ClN5O/c1-17-23(18(2)31(29-17)22-10-9-21(16-27)24(26)15-22)14-19-7-5-8-20(13-19)25(32)28-11-6-12-30(3)4/h5,7-10,13,15H,6,11-12,14H2,1-4H3,(H,28,32). The van der Waals surface area contributed by atoms with Crippen molar-refractivity contribution < 1.29 is 4.79 Å². The second-order valence-corrected chi connectivity index (χ2v) is 8.53. The lowest BCUT2D eigenvalue weighted by molar-refractivity contribution is 0.0952. The smallest absolute Gasteiger partial charge is 0.251 e. The molecule has 0 aliphatic heterocycles. The van der Waals surface area contributed by atoms with E-state index >= 15 is 0 Å². The summed E-state index contributed by atoms with van der Waals surface area (Å²) >= 11 is 6.21. The molecule has 1 N–H and O–H groups in total. The summed E-state index contributed by atoms with van der Waals surface area (Å²) in [4.78, 5) is 14.6. The Hall–Kier alpha value is -3.14. The van der Waals surface area contributed by atoms with E-state index in [2.05, 4.69) is 21.4 Å². The van der Waals surface area contributed by atoms with E-state index in [9.17, 15) is 4.79 Å². The molecule has 1 aromatic heterocycles. The van der Waals surface area contributed by atoms with E-state index in [1.54, 1.807) is 12.1 Å². The van der Waals surface area contributed by atoms with E-state index in [1.807, 2.05) is 63.0 Å². The van der Waals surface area contributed by atoms with Crippen molar-refractivity contribution in [3.63, 3.8) is 0 Å². The third kappa shape index (κ3) is 5.56. The summed E-state index contributed by atoms with van der Waals surface area (Å²) in [7, 11) is 4.04. The number of carbonyl (C=O) groups is 1. The van der Waals surface area contributed by atoms with Crippen LogP contribution in [0, 0.1) is 25.2 Å². The van der Waals surface area contributed by atoms with Crippen LogP contribution in [0.2, 0.25) is 5.02 Å². The van der Waals surface area contributed by atoms with Gasteiger partial charge in [-0.2, -0.15) is 10.4 Å². The van der Waals surface area contributed by atoms with Crippen molar-refractivity contribution in [3.8, 4) is 11.8 Å². The summed E-state index contributed by atoms with van der Waals surface area (Å²) in [6.45, 7) is 5.58. The molecule has 7 heteroatoms. The fourth-order valence-electron chi connectivity index (χ4n) is 3.63. The number of nitrogens with zero attached hydrogens (tertiary/aromatic N) is 4. The highest BCUT2D eigenvalue weighted by Gasteiger charge is 2.15. The van der Waals surface area contributed by atoms with E-state index in [0.29, 0.717) is 29.1 Å². The number of nitrogens with one attached hydrogen (secondary N) is 1. The zero-order valence-corrected chi connectivity index (χ0v) is 19.7. The van der Waals surface area contributed by atoms with Crippen molar-refractivity contribution >= 4 is 17.5 Å². The Morgan fingerprint density at radius 1 is 1.22 bits per heavy atom. The molecule has 0 aliphatic rings. The van der Waals surface area contributed by atoms with Crippen LogP contribution in [0.1, 0.15) is 44.9 Å². The maximum Gasteiger partial charge on any atom is 0.251 e. The first kappa shape index (κ1) is 23.5. The zero-order chi connectivity index (χ0) is 23.3. The van der Waals surface area contributed by atoms with Crippen LogP contribution in [-0.2, 0) is 6.42 Å². The number of amides is 1. The van der Waals surface area contributed by atoms with Crippen LogP contribution in [0.5, 0.6) is 0 Å². The number of hydrogen-bond acceptors (Lipinski definition) is 4. The minimum atomic E-state index is -0.0537. The quantitative estimate of drug-likeness (QED) is 0.521. The summed E-state index contributed by atoms with van der Waals surface area (Å²) < 4.78 is 1.85. The normalized spacial score (nSPS) is 10.9. The first-order valence-electron chi connectivity index (χ1n) is 10.6. The minimum Gasteiger partial charge on any atom is -0.352 e. The Morgan fingerprint density at radius 3 is 2.69 bits per heavy atom. The van der Waals surface area contributed by atoms with E-state index in [0.717, 1.165) is 41.2 Å². The Labute approximate surface area is 194 Å². The number of aryl methyl sites for hydroxylation is 1. The molecule has 0 saturated carbocycles. The molecule has 0 aliphatic carbocycles. The maximum atomic E-state index is 12.5. The predicted molar refractivity (Wildman–Crippen MR) is 128 cm³/mol. The Morgan fingerprint density at radius 2 is 2.00 bits per heavy atom. The highest BCUT2D eigenvalue weighted by atomic mass is 35.5. The fourth-order valence-corrected chi connectivity index (χ4v) is 3.85. The van der Waals surface area contributed by atoms with E-state index in [4.69, 9.17) is 16.9 Å². The fraction of sp³-hybridized carbons (Fsp3) is 0.320. The second-order valence-electron chi connectivity index (χ2n) is 8.13. The van der Waals surface area contributed by atoms with Crippen molar-refractivity contribution in [2.75, 3.05) is 27.2 Å². The Balaban J connectivity index is 1.77. The number of carbonyl (C=O) groups excluding carboxylic acids is 1. The van der Waals surface area contributed by atoms with Gasteiger partial charge in [0.05, 0.1) is 22.0 Å². The van der Waals surface area contributed by atoms with Crippen LogP contribution >= 0.6 is 11.6 Å². The molecular weight excluding hydrogens is 422 g/mol. The van der Waals surface area contributed by atoms with Crippen LogP contribution in [0.15, 0.2) is 42.5 Å². The molecule has 0 radical (unpaired) electrons. The Bertz CT molecular complexity index is 1160. The van der Waals surface area contributed by atoms with Crippen LogP contribution in [0.3, 0.4) is 0 Å². The molecule has 0 unspecified atom stereocenters. The van der Waals surface area contributed by atoms with Gasteiger partial charge in [-0.1, -0.05) is 23.7 Å². The molecule has 0 saturated heterocycles. The SMILES string of the molecule is Cc1nn(-c2ccc(C#N)c(Cl)c2)c(C)c1Cc1cccc(C(=O)NCCCN(C)C)c1. The lowest BCUT2D eigenvalue weighted by Gasteiger charge is -2.10. The average molecular weight is 450 g/mol. The highest BCUT2D eigenvalue weighted by molar-refractivity contribution is 6.31. The van der Waals surface area contributed by atoms with Gasteiger partial charge in [0.2, 0.25) is 0 Å². The molecule has 0 bridgehead atoms. The van der Waals surface area contributed by atoms with E-state index in [-0.39, 0.29) is 5.91 Å². The highest BCUT2D eigenvalue weighted by Crippen LogP contribution is 2.24. The average Bonchev–Trinajstić information content (AvgIpc) is 3.05. The number of nitriles is 1. The van der Waals surface area contributed by atoms with Gasteiger partial charge < -0.3 is 10.2 Å². The second kappa shape index (κ2) is 10.4. The van der Waals surface area contributed by atoms with Gasteiger partial charge in [-0.25, -0.2) is 4.68 Å². The summed E-state index contributed by atoms with van der Waals surface area (Å²) in [5, 5.41) is 17.2. The predicted octanol–water partition coefficient (Wildman–Crippen LogP) is 4.29. The van der Waals surface area contributed by atoms with Gasteiger partial charge in [-0.15, -0.1) is 0 Å². The van der Waals surface area contributed by atoms with Gasteiger partial charge in [0.1, 0.15) is 6.07 Å². The number of rotatable bonds is 8. The summed E-state index contributed by atoms with van der Waals surface area (Å²) in [5.74, 6) is -0.0537. The minimum absolute atomic E-state index is 0.0537. The molecule has 1 heterocycles. The molecule has 166 valence electrons. The molecule has 32 heavy (non-hydrogen) atoms. The van der Waals surface area contributed by atoms with Crippen molar-refractivity contribution in [3.05, 3.63) is 81.1 Å². The van der Waals surface area contributed by atoms with Gasteiger partial charge in [-0.3, -0.25) is 4.79 Å². The van der Waals surface area contributed by atoms with Crippen LogP contribution in [-0.4, -0.2) is 47.8 Å². The van der Waals surface area contributed by atoms with Crippen molar-refractivity contribution in [2.24, 2.45) is 0 Å². The van der Waals surface area contributed by atoms with Crippen LogP contribution in [0.25, 0.3) is 5.69 Å². The van der Waals surface area contributed by atoms with Gasteiger partial charge in [0.25, 0.3) is 5.91 Å². The topological polar surface area (TPSA) is 73.9 Å². The zero-order valence-electron chi connectivity index (χ0n) is 18.9. The van der Waals surface area contributed by atoms with Crippen LogP contribution in [0.4, 0.5) is 0 Å². The summed E-state index contributed by atoms with van der Waals surface area (Å²) in [6, 6.07) is 15.1. The summed E-state index contributed by atoms with van der Waals surface area (Å²) in [6.07, 6.45) is 1.58. The molecule has 6 nitrogen and oxygen atoms in total. The number of aromatic nitrogens is 2. The van der Waals surface area contributed by atoms with Crippen molar-refractivity contribution in [2.45, 2.75) is 26.7 Å². The van der Waals surface area contributed by atoms with Gasteiger partial charge in [0, 0.05) is 29.8 Å². The summed E-state index contributed by atoms with van der Waals surface area (Å²) in [5.41, 5.74) is 5.99. The van der Waals surface area contributed by atoms with Crippen molar-refractivity contribution in [1.29, 1.82) is 5.26 Å². The molecule has 3 rings (SSSR count). The molecule has 0 spiro atoms. The van der Waals surface area contributed by atoms with Crippen molar-refractivity contribution in [1.82, 2.24) is 20.0 Å². The molecule has 0 atom stereocenters. The van der Waals surface area contributed by atoms with Crippen LogP contribution < -0.4 is 5.32 Å². The van der Waals surface area contributed by atoms with Gasteiger partial charge in [0.15, 0.2) is 0 Å². The first-order chi connectivity index (χ1) is 15.3. The van der Waals surface area contributed by atoms with Gasteiger partial charge in [-0.05, 0) is 76.8 Å². The maximum absolute atomic E-state index is 12.5. The Kier molecular flexibility index (Phi) is 7.68. The monoisotopic (exact) mass is 449 g/mol. The molecule has 2 aromatic carbocycles. The molecule has 1 amide bonds. The molecule has 3 aromatic rings. The lowest BCUT2D eigenvalue weighted by Crippen LogP contribution is -2.27. The van der Waals surface area contributed by atoms with E-state index in [1.165, 1.54) is 0 Å². The third-order valence-corrected chi connectivity index (χ3v) is 5.71. The molecule has 0 fully saturated rings. The van der Waals surface area contributed by atoms with Gasteiger partial charge >= 0.3 is 0 Å². The molecular formula is C25H28ClN5O. The number of halogens is 1. The largest absolute Gasteiger partial charge is 0.352 e. The number of hydrogen-bond donors (Lipinski definition) is 1. The third-order valence-electron chi connectivity index (χ3n) is 5.40. The number of benzene rings is 2. The lowest BCUT2D eigenvalue weighted by atomic mass is 10.0. The van der Waals surface area contributed by atoms with E-state index < -0.39 is 0 Å².